The Bertz CT molecular complexity index is 712. The van der Waals surface area contributed by atoms with Gasteiger partial charge in [0, 0.05) is 23.7 Å². The fraction of sp³-hybridized carbons (Fsp3) is 0.846. The van der Waals surface area contributed by atoms with Crippen LogP contribution < -0.4 is 0 Å². The molecule has 168 valence electrons. The van der Waals surface area contributed by atoms with E-state index < -0.39 is 0 Å². The second-order valence-electron chi connectivity index (χ2n) is 10.6. The van der Waals surface area contributed by atoms with Crippen LogP contribution in [0.1, 0.15) is 91.9 Å². The van der Waals surface area contributed by atoms with Crippen molar-refractivity contribution in [3.8, 4) is 0 Å². The highest BCUT2D eigenvalue weighted by Crippen LogP contribution is 2.67. The average Bonchev–Trinajstić information content (AvgIpc) is 3.08. The summed E-state index contributed by atoms with van der Waals surface area (Å²) in [5, 5.41) is 0. The van der Waals surface area contributed by atoms with E-state index in [4.69, 9.17) is 9.47 Å². The van der Waals surface area contributed by atoms with Crippen molar-refractivity contribution in [3.63, 3.8) is 0 Å². The Balaban J connectivity index is 1.63. The summed E-state index contributed by atoms with van der Waals surface area (Å²) in [6.45, 7) is 9.10. The number of rotatable bonds is 5. The minimum Gasteiger partial charge on any atom is -0.465 e. The highest BCUT2D eigenvalue weighted by atomic mass is 16.5. The molecule has 0 radical (unpaired) electrons. The Morgan fingerprint density at radius 1 is 1.03 bits per heavy atom. The lowest BCUT2D eigenvalue weighted by atomic mass is 9.45. The van der Waals surface area contributed by atoms with Crippen LogP contribution >= 0.6 is 0 Å². The van der Waals surface area contributed by atoms with Crippen LogP contribution in [-0.4, -0.2) is 24.6 Å². The highest BCUT2D eigenvalue weighted by Gasteiger charge is 2.62. The standard InChI is InChI=1S/C26H40O4/c1-5-23(27)29-16-26-17(3)8-7-9-18(26)10-11-19-20-12-13-22(30-24(28)6-2)25(20,4)15-14-21(19)26/h9,17,19-22H,5-8,10-16H2,1-4H3/t17-,19?,20?,21?,22-,25-,26-/m0/s1. The third-order valence-electron chi connectivity index (χ3n) is 9.55. The van der Waals surface area contributed by atoms with Gasteiger partial charge in [-0.3, -0.25) is 9.59 Å². The van der Waals surface area contributed by atoms with E-state index in [1.54, 1.807) is 5.57 Å². The molecule has 4 aliphatic carbocycles. The lowest BCUT2D eigenvalue weighted by Gasteiger charge is -2.60. The van der Waals surface area contributed by atoms with Crippen molar-refractivity contribution in [2.45, 2.75) is 98.0 Å². The number of allylic oxidation sites excluding steroid dienone is 1. The largest absolute Gasteiger partial charge is 0.465 e. The first-order chi connectivity index (χ1) is 14.4. The van der Waals surface area contributed by atoms with Crippen LogP contribution in [-0.2, 0) is 19.1 Å². The van der Waals surface area contributed by atoms with Crippen molar-refractivity contribution < 1.29 is 19.1 Å². The number of carbonyl (C=O) groups excluding carboxylic acids is 2. The summed E-state index contributed by atoms with van der Waals surface area (Å²) >= 11 is 0. The second kappa shape index (κ2) is 8.31. The van der Waals surface area contributed by atoms with E-state index in [2.05, 4.69) is 19.9 Å². The van der Waals surface area contributed by atoms with E-state index in [1.165, 1.54) is 12.8 Å². The molecule has 0 heterocycles. The molecule has 4 aliphatic rings. The third kappa shape index (κ3) is 3.33. The van der Waals surface area contributed by atoms with Gasteiger partial charge in [0.1, 0.15) is 12.7 Å². The van der Waals surface area contributed by atoms with E-state index >= 15 is 0 Å². The minimum atomic E-state index is -0.0725. The smallest absolute Gasteiger partial charge is 0.305 e. The molecule has 30 heavy (non-hydrogen) atoms. The van der Waals surface area contributed by atoms with Crippen LogP contribution in [0.4, 0.5) is 0 Å². The molecule has 0 aromatic rings. The highest BCUT2D eigenvalue weighted by molar-refractivity contribution is 5.69. The zero-order valence-electron chi connectivity index (χ0n) is 19.4. The van der Waals surface area contributed by atoms with E-state index in [0.29, 0.717) is 43.1 Å². The third-order valence-corrected chi connectivity index (χ3v) is 9.55. The molecule has 4 rings (SSSR count). The molecule has 0 aliphatic heterocycles. The molecule has 0 aromatic carbocycles. The Kier molecular flexibility index (Phi) is 6.07. The van der Waals surface area contributed by atoms with Gasteiger partial charge < -0.3 is 9.47 Å². The van der Waals surface area contributed by atoms with E-state index in [-0.39, 0.29) is 28.9 Å². The average molecular weight is 417 g/mol. The molecular weight excluding hydrogens is 376 g/mol. The van der Waals surface area contributed by atoms with Crippen LogP contribution in [0.25, 0.3) is 0 Å². The number of esters is 2. The fourth-order valence-corrected chi connectivity index (χ4v) is 7.89. The summed E-state index contributed by atoms with van der Waals surface area (Å²) in [6.07, 6.45) is 12.6. The van der Waals surface area contributed by atoms with E-state index in [9.17, 15) is 9.59 Å². The van der Waals surface area contributed by atoms with Crippen LogP contribution in [0.5, 0.6) is 0 Å². The van der Waals surface area contributed by atoms with Gasteiger partial charge in [-0.15, -0.1) is 0 Å². The van der Waals surface area contributed by atoms with Crippen molar-refractivity contribution in [3.05, 3.63) is 11.6 Å². The van der Waals surface area contributed by atoms with Gasteiger partial charge in [-0.25, -0.2) is 0 Å². The normalized spacial score (nSPS) is 42.4. The van der Waals surface area contributed by atoms with Gasteiger partial charge >= 0.3 is 11.9 Å². The molecule has 0 N–H and O–H groups in total. The molecule has 0 aromatic heterocycles. The Morgan fingerprint density at radius 2 is 1.80 bits per heavy atom. The van der Waals surface area contributed by atoms with Crippen LogP contribution in [0, 0.1) is 34.5 Å². The Morgan fingerprint density at radius 3 is 2.53 bits per heavy atom. The monoisotopic (exact) mass is 416 g/mol. The van der Waals surface area contributed by atoms with Gasteiger partial charge in [0.05, 0.1) is 0 Å². The molecule has 4 nitrogen and oxygen atoms in total. The number of hydrogen-bond donors (Lipinski definition) is 0. The quantitative estimate of drug-likeness (QED) is 0.417. The lowest BCUT2D eigenvalue weighted by molar-refractivity contribution is -0.164. The summed E-state index contributed by atoms with van der Waals surface area (Å²) in [7, 11) is 0. The van der Waals surface area contributed by atoms with E-state index in [1.807, 2.05) is 13.8 Å². The first-order valence-electron chi connectivity index (χ1n) is 12.4. The maximum atomic E-state index is 12.1. The van der Waals surface area contributed by atoms with Crippen molar-refractivity contribution in [1.29, 1.82) is 0 Å². The number of carbonyl (C=O) groups is 2. The van der Waals surface area contributed by atoms with Gasteiger partial charge in [0.25, 0.3) is 0 Å². The van der Waals surface area contributed by atoms with Crippen molar-refractivity contribution in [2.24, 2.45) is 34.5 Å². The van der Waals surface area contributed by atoms with Crippen LogP contribution in [0.2, 0.25) is 0 Å². The number of fused-ring (bicyclic) bond motifs is 5. The molecule has 0 amide bonds. The first kappa shape index (κ1) is 21.9. The zero-order valence-corrected chi connectivity index (χ0v) is 19.4. The molecule has 7 atom stereocenters. The van der Waals surface area contributed by atoms with Gasteiger partial charge in [-0.1, -0.05) is 39.3 Å². The fourth-order valence-electron chi connectivity index (χ4n) is 7.89. The molecule has 3 fully saturated rings. The maximum Gasteiger partial charge on any atom is 0.305 e. The van der Waals surface area contributed by atoms with Gasteiger partial charge in [-0.2, -0.15) is 0 Å². The van der Waals surface area contributed by atoms with Gasteiger partial charge in [0.2, 0.25) is 0 Å². The molecule has 0 spiro atoms. The molecule has 0 saturated heterocycles. The van der Waals surface area contributed by atoms with E-state index in [0.717, 1.165) is 38.5 Å². The number of hydrogen-bond acceptors (Lipinski definition) is 4. The number of ether oxygens (including phenoxy) is 2. The van der Waals surface area contributed by atoms with Crippen molar-refractivity contribution in [1.82, 2.24) is 0 Å². The summed E-state index contributed by atoms with van der Waals surface area (Å²) < 4.78 is 11.8. The Hall–Kier alpha value is -1.32. The van der Waals surface area contributed by atoms with Crippen LogP contribution in [0.3, 0.4) is 0 Å². The minimum absolute atomic E-state index is 0.0194. The topological polar surface area (TPSA) is 52.6 Å². The maximum absolute atomic E-state index is 12.1. The lowest BCUT2D eigenvalue weighted by Crippen LogP contribution is -2.56. The summed E-state index contributed by atoms with van der Waals surface area (Å²) in [5.74, 6) is 2.26. The first-order valence-corrected chi connectivity index (χ1v) is 12.4. The van der Waals surface area contributed by atoms with Crippen molar-refractivity contribution >= 4 is 11.9 Å². The SMILES string of the molecule is CCC(=O)OC[C@@]12C(=CCC[C@@H]1C)CCC1C3CC[C@H](OC(=O)CC)[C@@]3(C)CCC12. The summed E-state index contributed by atoms with van der Waals surface area (Å²) in [5.41, 5.74) is 1.69. The summed E-state index contributed by atoms with van der Waals surface area (Å²) in [6, 6.07) is 0. The molecule has 3 unspecified atom stereocenters. The molecule has 0 bridgehead atoms. The predicted octanol–water partition coefficient (Wildman–Crippen LogP) is 5.84. The van der Waals surface area contributed by atoms with Crippen molar-refractivity contribution in [2.75, 3.05) is 6.61 Å². The van der Waals surface area contributed by atoms with Gasteiger partial charge in [-0.05, 0) is 75.0 Å². The zero-order chi connectivity index (χ0) is 21.5. The summed E-state index contributed by atoms with van der Waals surface area (Å²) in [4.78, 5) is 24.2. The predicted molar refractivity (Wildman–Crippen MR) is 117 cm³/mol. The van der Waals surface area contributed by atoms with Gasteiger partial charge in [0.15, 0.2) is 0 Å². The molecule has 3 saturated carbocycles. The Labute approximate surface area is 182 Å². The molecule has 4 heteroatoms. The second-order valence-corrected chi connectivity index (χ2v) is 10.6. The molecular formula is C26H40O4. The van der Waals surface area contributed by atoms with Crippen LogP contribution in [0.15, 0.2) is 11.6 Å².